The van der Waals surface area contributed by atoms with Crippen LogP contribution in [0.25, 0.3) is 0 Å². The molecule has 0 radical (unpaired) electrons. The van der Waals surface area contributed by atoms with Gasteiger partial charge in [-0.2, -0.15) is 5.10 Å². The molecule has 3 aromatic rings. The van der Waals surface area contributed by atoms with Gasteiger partial charge in [-0.3, -0.25) is 9.10 Å². The quantitative estimate of drug-likeness (QED) is 0.239. The number of methoxy groups -OCH3 is 1. The molecule has 0 aromatic heterocycles. The number of ether oxygens (including phenoxy) is 2. The van der Waals surface area contributed by atoms with Crippen LogP contribution >= 0.6 is 39.1 Å². The highest BCUT2D eigenvalue weighted by molar-refractivity contribution is 9.10. The van der Waals surface area contributed by atoms with E-state index in [1.54, 1.807) is 30.3 Å². The maximum atomic E-state index is 14.1. The van der Waals surface area contributed by atoms with Gasteiger partial charge in [-0.25, -0.2) is 18.2 Å². The molecule has 0 spiro atoms. The van der Waals surface area contributed by atoms with E-state index in [9.17, 15) is 17.6 Å². The fraction of sp³-hybridized carbons (Fsp3) is 0.167. The highest BCUT2D eigenvalue weighted by Gasteiger charge is 2.23. The third-order valence-electron chi connectivity index (χ3n) is 4.83. The molecule has 1 N–H and O–H groups in total. The summed E-state index contributed by atoms with van der Waals surface area (Å²) in [5.41, 5.74) is 3.34. The van der Waals surface area contributed by atoms with Gasteiger partial charge in [0.2, 0.25) is 10.0 Å². The highest BCUT2D eigenvalue weighted by atomic mass is 79.9. The van der Waals surface area contributed by atoms with Crippen molar-refractivity contribution in [1.82, 2.24) is 5.43 Å². The molecular formula is C24H21BrCl2FN3O5S. The molecule has 0 fully saturated rings. The van der Waals surface area contributed by atoms with Crippen LogP contribution in [-0.2, 0) is 21.4 Å². The Morgan fingerprint density at radius 2 is 1.89 bits per heavy atom. The molecule has 0 aliphatic heterocycles. The van der Waals surface area contributed by atoms with Crippen molar-refractivity contribution < 1.29 is 27.1 Å². The minimum atomic E-state index is -3.93. The number of carbonyl (C=O) groups excluding carboxylic acids is 1. The van der Waals surface area contributed by atoms with Gasteiger partial charge in [0.1, 0.15) is 19.0 Å². The topological polar surface area (TPSA) is 97.3 Å². The molecule has 0 bridgehead atoms. The summed E-state index contributed by atoms with van der Waals surface area (Å²) in [6.07, 6.45) is 2.22. The van der Waals surface area contributed by atoms with Crippen molar-refractivity contribution in [3.8, 4) is 11.5 Å². The van der Waals surface area contributed by atoms with E-state index in [4.69, 9.17) is 32.7 Å². The van der Waals surface area contributed by atoms with Gasteiger partial charge in [-0.05, 0) is 63.5 Å². The van der Waals surface area contributed by atoms with Gasteiger partial charge in [-0.15, -0.1) is 0 Å². The summed E-state index contributed by atoms with van der Waals surface area (Å²) < 4.78 is 50.9. The Bertz CT molecular complexity index is 1440. The Hall–Kier alpha value is -2.86. The number of hydrazone groups is 1. The van der Waals surface area contributed by atoms with Crippen molar-refractivity contribution >= 4 is 67.0 Å². The van der Waals surface area contributed by atoms with Gasteiger partial charge in [0.15, 0.2) is 11.5 Å². The summed E-state index contributed by atoms with van der Waals surface area (Å²) in [5, 5.41) is 4.72. The zero-order valence-electron chi connectivity index (χ0n) is 19.5. The Balaban J connectivity index is 1.69. The van der Waals surface area contributed by atoms with Crippen molar-refractivity contribution in [3.05, 3.63) is 86.1 Å². The number of para-hydroxylation sites is 1. The van der Waals surface area contributed by atoms with Gasteiger partial charge < -0.3 is 9.47 Å². The second-order valence-corrected chi connectivity index (χ2v) is 11.2. The largest absolute Gasteiger partial charge is 0.493 e. The molecule has 0 atom stereocenters. The van der Waals surface area contributed by atoms with Crippen LogP contribution in [0.5, 0.6) is 11.5 Å². The first-order valence-corrected chi connectivity index (χ1v) is 13.9. The predicted octanol–water partition coefficient (Wildman–Crippen LogP) is 5.40. The third-order valence-corrected chi connectivity index (χ3v) is 7.29. The molecule has 0 heterocycles. The summed E-state index contributed by atoms with van der Waals surface area (Å²) in [7, 11) is -2.46. The molecule has 8 nitrogen and oxygen atoms in total. The first-order valence-electron chi connectivity index (χ1n) is 10.5. The maximum absolute atomic E-state index is 14.1. The lowest BCUT2D eigenvalue weighted by molar-refractivity contribution is -0.119. The Labute approximate surface area is 232 Å². The Morgan fingerprint density at radius 3 is 2.54 bits per heavy atom. The molecule has 196 valence electrons. The Kier molecular flexibility index (Phi) is 9.77. The van der Waals surface area contributed by atoms with Gasteiger partial charge in [0.05, 0.1) is 39.8 Å². The van der Waals surface area contributed by atoms with E-state index in [2.05, 4.69) is 26.5 Å². The van der Waals surface area contributed by atoms with E-state index in [1.807, 2.05) is 0 Å². The molecule has 0 saturated carbocycles. The van der Waals surface area contributed by atoms with Crippen LogP contribution in [0.15, 0.2) is 64.2 Å². The highest BCUT2D eigenvalue weighted by Crippen LogP contribution is 2.37. The number of sulfonamides is 1. The zero-order valence-corrected chi connectivity index (χ0v) is 23.5. The number of halogens is 4. The molecule has 13 heteroatoms. The molecule has 0 saturated heterocycles. The average Bonchev–Trinajstić information content (AvgIpc) is 2.83. The number of nitrogens with one attached hydrogen (secondary N) is 1. The van der Waals surface area contributed by atoms with Crippen LogP contribution in [0.3, 0.4) is 0 Å². The fourth-order valence-electron chi connectivity index (χ4n) is 3.12. The lowest BCUT2D eigenvalue weighted by Crippen LogP contribution is -2.39. The lowest BCUT2D eigenvalue weighted by atomic mass is 10.2. The van der Waals surface area contributed by atoms with E-state index in [0.29, 0.717) is 35.9 Å². The van der Waals surface area contributed by atoms with Gasteiger partial charge in [0, 0.05) is 0 Å². The van der Waals surface area contributed by atoms with E-state index < -0.39 is 28.3 Å². The van der Waals surface area contributed by atoms with Gasteiger partial charge in [-0.1, -0.05) is 41.4 Å². The molecule has 0 aliphatic rings. The molecular weight excluding hydrogens is 612 g/mol. The molecule has 37 heavy (non-hydrogen) atoms. The maximum Gasteiger partial charge on any atom is 0.260 e. The monoisotopic (exact) mass is 631 g/mol. The number of amides is 1. The first kappa shape index (κ1) is 28.7. The van der Waals surface area contributed by atoms with Crippen molar-refractivity contribution in [2.75, 3.05) is 24.2 Å². The van der Waals surface area contributed by atoms with Crippen molar-refractivity contribution in [2.24, 2.45) is 5.10 Å². The van der Waals surface area contributed by atoms with Crippen molar-refractivity contribution in [1.29, 1.82) is 0 Å². The third kappa shape index (κ3) is 7.81. The second-order valence-electron chi connectivity index (χ2n) is 7.59. The van der Waals surface area contributed by atoms with Gasteiger partial charge in [0.25, 0.3) is 5.91 Å². The zero-order chi connectivity index (χ0) is 27.2. The number of anilines is 1. The van der Waals surface area contributed by atoms with Crippen LogP contribution in [0.2, 0.25) is 10.0 Å². The minimum Gasteiger partial charge on any atom is -0.493 e. The van der Waals surface area contributed by atoms with Crippen LogP contribution < -0.4 is 19.2 Å². The molecule has 3 aromatic carbocycles. The van der Waals surface area contributed by atoms with Crippen LogP contribution in [0.4, 0.5) is 10.1 Å². The van der Waals surface area contributed by atoms with Gasteiger partial charge >= 0.3 is 0 Å². The van der Waals surface area contributed by atoms with Crippen molar-refractivity contribution in [2.45, 2.75) is 6.61 Å². The summed E-state index contributed by atoms with van der Waals surface area (Å²) in [5.74, 6) is -0.714. The number of hydrogen-bond donors (Lipinski definition) is 1. The van der Waals surface area contributed by atoms with Crippen LogP contribution in [0, 0.1) is 5.82 Å². The average molecular weight is 633 g/mol. The van der Waals surface area contributed by atoms with Crippen LogP contribution in [-0.4, -0.2) is 40.4 Å². The molecule has 1 amide bonds. The SMILES string of the molecule is COc1cc(/C=N\NC(=O)CN(c2ccccc2F)S(C)(=O)=O)cc(Br)c1OCc1ccc(Cl)c(Cl)c1. The fourth-order valence-corrected chi connectivity index (χ4v) is 4.87. The van der Waals surface area contributed by atoms with E-state index in [-0.39, 0.29) is 12.3 Å². The van der Waals surface area contributed by atoms with E-state index in [1.165, 1.54) is 31.5 Å². The van der Waals surface area contributed by atoms with E-state index in [0.717, 1.165) is 17.9 Å². The number of benzene rings is 3. The Morgan fingerprint density at radius 1 is 1.16 bits per heavy atom. The number of carbonyl (C=O) groups is 1. The summed E-state index contributed by atoms with van der Waals surface area (Å²) in [4.78, 5) is 12.4. The number of nitrogens with zero attached hydrogens (tertiary/aromatic N) is 2. The summed E-state index contributed by atoms with van der Waals surface area (Å²) in [6.45, 7) is -0.459. The standard InChI is InChI=1S/C24H21BrCl2FN3O5S/c1-35-22-11-16(9-17(25)24(22)36-14-15-7-8-18(26)19(27)10-15)12-29-30-23(32)13-31(37(2,33)34)21-6-4-3-5-20(21)28/h3-12H,13-14H2,1-2H3,(H,30,32)/b29-12-. The normalized spacial score (nSPS) is 11.4. The smallest absolute Gasteiger partial charge is 0.260 e. The number of hydrogen-bond acceptors (Lipinski definition) is 6. The predicted molar refractivity (Wildman–Crippen MR) is 146 cm³/mol. The van der Waals surface area contributed by atoms with Crippen LogP contribution in [0.1, 0.15) is 11.1 Å². The van der Waals surface area contributed by atoms with E-state index >= 15 is 0 Å². The summed E-state index contributed by atoms with van der Waals surface area (Å²) in [6, 6.07) is 13.7. The number of rotatable bonds is 10. The molecule has 0 unspecified atom stereocenters. The first-order chi connectivity index (χ1) is 17.5. The molecule has 3 rings (SSSR count). The molecule has 0 aliphatic carbocycles. The lowest BCUT2D eigenvalue weighted by Gasteiger charge is -2.21. The minimum absolute atomic E-state index is 0.203. The van der Waals surface area contributed by atoms with Crippen molar-refractivity contribution in [3.63, 3.8) is 0 Å². The summed E-state index contributed by atoms with van der Waals surface area (Å²) >= 11 is 15.4. The second kappa shape index (κ2) is 12.6.